The highest BCUT2D eigenvalue weighted by molar-refractivity contribution is 6.35. The summed E-state index contributed by atoms with van der Waals surface area (Å²) in [4.78, 5) is 51.5. The van der Waals surface area contributed by atoms with Gasteiger partial charge < -0.3 is 10.1 Å². The van der Waals surface area contributed by atoms with E-state index >= 15 is 0 Å². The standard InChI is InChI=1S/C23H22N2O5/c1-12-4-5-13(2)19(10-12)25-21(27)17-9-6-15(11-18(17)22(25)28)23(29)30-14(3)20(26)24-16-7-8-16/h4-6,9-11,14,16H,7-8H2,1-3H3,(H,24,26)/t14-/m1/s1. The van der Waals surface area contributed by atoms with Gasteiger partial charge in [-0.05, 0) is 69.0 Å². The molecule has 4 rings (SSSR count). The van der Waals surface area contributed by atoms with Gasteiger partial charge in [0.1, 0.15) is 0 Å². The molecule has 2 aromatic rings. The van der Waals surface area contributed by atoms with Crippen molar-refractivity contribution in [1.29, 1.82) is 0 Å². The number of ether oxygens (including phenoxy) is 1. The third kappa shape index (κ3) is 3.58. The highest BCUT2D eigenvalue weighted by Crippen LogP contribution is 2.32. The minimum Gasteiger partial charge on any atom is -0.449 e. The first-order valence-corrected chi connectivity index (χ1v) is 9.87. The predicted octanol–water partition coefficient (Wildman–Crippen LogP) is 2.93. The Hall–Kier alpha value is -3.48. The predicted molar refractivity (Wildman–Crippen MR) is 110 cm³/mol. The van der Waals surface area contributed by atoms with E-state index in [1.807, 2.05) is 26.0 Å². The van der Waals surface area contributed by atoms with E-state index in [4.69, 9.17) is 4.74 Å². The van der Waals surface area contributed by atoms with Crippen molar-refractivity contribution < 1.29 is 23.9 Å². The van der Waals surface area contributed by atoms with E-state index in [1.54, 1.807) is 6.07 Å². The minimum atomic E-state index is -0.949. The van der Waals surface area contributed by atoms with Gasteiger partial charge in [0.15, 0.2) is 6.10 Å². The van der Waals surface area contributed by atoms with E-state index in [0.29, 0.717) is 5.69 Å². The monoisotopic (exact) mass is 406 g/mol. The van der Waals surface area contributed by atoms with E-state index in [1.165, 1.54) is 25.1 Å². The lowest BCUT2D eigenvalue weighted by atomic mass is 10.1. The molecule has 3 amide bonds. The first kappa shape index (κ1) is 19.8. The first-order chi connectivity index (χ1) is 14.3. The number of hydrogen-bond donors (Lipinski definition) is 1. The van der Waals surface area contributed by atoms with Crippen molar-refractivity contribution >= 4 is 29.4 Å². The Kier molecular flexibility index (Phi) is 4.89. The average molecular weight is 406 g/mol. The Bertz CT molecular complexity index is 1090. The van der Waals surface area contributed by atoms with Gasteiger partial charge in [0.05, 0.1) is 22.4 Å². The summed E-state index contributed by atoms with van der Waals surface area (Å²) in [5, 5.41) is 2.78. The SMILES string of the molecule is Cc1ccc(C)c(N2C(=O)c3ccc(C(=O)O[C@H](C)C(=O)NC4CC4)cc3C2=O)c1. The second-order valence-electron chi connectivity index (χ2n) is 7.83. The van der Waals surface area contributed by atoms with Crippen LogP contribution in [0, 0.1) is 13.8 Å². The highest BCUT2D eigenvalue weighted by Gasteiger charge is 2.38. The Labute approximate surface area is 174 Å². The molecular weight excluding hydrogens is 384 g/mol. The van der Waals surface area contributed by atoms with Gasteiger partial charge in [0.25, 0.3) is 17.7 Å². The summed E-state index contributed by atoms with van der Waals surface area (Å²) in [6, 6.07) is 9.95. The molecule has 1 fully saturated rings. The van der Waals surface area contributed by atoms with Gasteiger partial charge in [-0.2, -0.15) is 0 Å². The zero-order valence-corrected chi connectivity index (χ0v) is 17.0. The van der Waals surface area contributed by atoms with Crippen molar-refractivity contribution in [2.45, 2.75) is 45.8 Å². The maximum Gasteiger partial charge on any atom is 0.338 e. The molecule has 0 spiro atoms. The van der Waals surface area contributed by atoms with Crippen molar-refractivity contribution in [3.05, 3.63) is 64.2 Å². The number of nitrogens with zero attached hydrogens (tertiary/aromatic N) is 1. The number of fused-ring (bicyclic) bond motifs is 1. The van der Waals surface area contributed by atoms with Gasteiger partial charge >= 0.3 is 5.97 Å². The average Bonchev–Trinajstić information content (AvgIpc) is 3.49. The van der Waals surface area contributed by atoms with Crippen molar-refractivity contribution in [1.82, 2.24) is 5.32 Å². The molecule has 0 aromatic heterocycles. The van der Waals surface area contributed by atoms with Crippen molar-refractivity contribution in [2.24, 2.45) is 0 Å². The fourth-order valence-electron chi connectivity index (χ4n) is 3.38. The fourth-order valence-corrected chi connectivity index (χ4v) is 3.38. The molecule has 1 heterocycles. The van der Waals surface area contributed by atoms with Crippen LogP contribution in [0.1, 0.15) is 62.0 Å². The number of aryl methyl sites for hydroxylation is 2. The van der Waals surface area contributed by atoms with Crippen LogP contribution in [0.4, 0.5) is 5.69 Å². The number of nitrogens with one attached hydrogen (secondary N) is 1. The molecule has 0 radical (unpaired) electrons. The summed E-state index contributed by atoms with van der Waals surface area (Å²) in [6.45, 7) is 5.21. The highest BCUT2D eigenvalue weighted by atomic mass is 16.5. The maximum absolute atomic E-state index is 13.0. The Balaban J connectivity index is 1.56. The number of amides is 3. The van der Waals surface area contributed by atoms with Crippen LogP contribution in [-0.4, -0.2) is 35.8 Å². The maximum atomic E-state index is 13.0. The molecule has 2 aliphatic rings. The number of hydrogen-bond acceptors (Lipinski definition) is 5. The molecule has 1 saturated carbocycles. The van der Waals surface area contributed by atoms with Gasteiger partial charge in [0.2, 0.25) is 0 Å². The molecular formula is C23H22N2O5. The number of imide groups is 1. The van der Waals surface area contributed by atoms with Gasteiger partial charge in [-0.15, -0.1) is 0 Å². The number of carbonyl (C=O) groups excluding carboxylic acids is 4. The van der Waals surface area contributed by atoms with Crippen LogP contribution < -0.4 is 10.2 Å². The van der Waals surface area contributed by atoms with E-state index in [2.05, 4.69) is 5.32 Å². The van der Waals surface area contributed by atoms with Crippen LogP contribution in [0.3, 0.4) is 0 Å². The number of rotatable bonds is 5. The van der Waals surface area contributed by atoms with Gasteiger partial charge in [-0.3, -0.25) is 14.4 Å². The van der Waals surface area contributed by atoms with Crippen molar-refractivity contribution in [3.8, 4) is 0 Å². The summed E-state index contributed by atoms with van der Waals surface area (Å²) >= 11 is 0. The van der Waals surface area contributed by atoms with Crippen molar-refractivity contribution in [2.75, 3.05) is 4.90 Å². The van der Waals surface area contributed by atoms with Gasteiger partial charge in [-0.25, -0.2) is 9.69 Å². The number of carbonyl (C=O) groups is 4. The van der Waals surface area contributed by atoms with E-state index in [0.717, 1.165) is 28.9 Å². The molecule has 1 atom stereocenters. The van der Waals surface area contributed by atoms with Crippen molar-refractivity contribution in [3.63, 3.8) is 0 Å². The normalized spacial score (nSPS) is 16.3. The summed E-state index contributed by atoms with van der Waals surface area (Å²) in [7, 11) is 0. The van der Waals surface area contributed by atoms with Gasteiger partial charge in [0, 0.05) is 6.04 Å². The summed E-state index contributed by atoms with van der Waals surface area (Å²) < 4.78 is 5.23. The zero-order chi connectivity index (χ0) is 21.6. The molecule has 0 bridgehead atoms. The minimum absolute atomic E-state index is 0.115. The molecule has 1 aliphatic heterocycles. The Morgan fingerprint density at radius 1 is 1.03 bits per heavy atom. The molecule has 0 saturated heterocycles. The van der Waals surface area contributed by atoms with E-state index in [9.17, 15) is 19.2 Å². The molecule has 154 valence electrons. The van der Waals surface area contributed by atoms with Crippen LogP contribution >= 0.6 is 0 Å². The second kappa shape index (κ2) is 7.40. The molecule has 1 aliphatic carbocycles. The molecule has 2 aromatic carbocycles. The summed E-state index contributed by atoms with van der Waals surface area (Å²) in [5.41, 5.74) is 2.74. The lowest BCUT2D eigenvalue weighted by Crippen LogP contribution is -2.37. The Morgan fingerprint density at radius 2 is 1.73 bits per heavy atom. The topological polar surface area (TPSA) is 92.8 Å². The largest absolute Gasteiger partial charge is 0.449 e. The third-order valence-electron chi connectivity index (χ3n) is 5.30. The molecule has 30 heavy (non-hydrogen) atoms. The van der Waals surface area contributed by atoms with E-state index in [-0.39, 0.29) is 28.6 Å². The summed E-state index contributed by atoms with van der Waals surface area (Å²) in [5.74, 6) is -1.99. The molecule has 7 nitrogen and oxygen atoms in total. The third-order valence-corrected chi connectivity index (χ3v) is 5.30. The molecule has 0 unspecified atom stereocenters. The molecule has 1 N–H and O–H groups in total. The van der Waals surface area contributed by atoms with Gasteiger partial charge in [-0.1, -0.05) is 12.1 Å². The number of anilines is 1. The summed E-state index contributed by atoms with van der Waals surface area (Å²) in [6.07, 6.45) is 0.921. The smallest absolute Gasteiger partial charge is 0.338 e. The lowest BCUT2D eigenvalue weighted by molar-refractivity contribution is -0.129. The quantitative estimate of drug-likeness (QED) is 0.609. The molecule has 7 heteroatoms. The Morgan fingerprint density at radius 3 is 2.43 bits per heavy atom. The zero-order valence-electron chi connectivity index (χ0n) is 17.0. The lowest BCUT2D eigenvalue weighted by Gasteiger charge is -2.17. The number of benzene rings is 2. The van der Waals surface area contributed by atoms with Crippen LogP contribution in [0.15, 0.2) is 36.4 Å². The number of esters is 1. The van der Waals surface area contributed by atoms with Crippen LogP contribution in [0.25, 0.3) is 0 Å². The fraction of sp³-hybridized carbons (Fsp3) is 0.304. The van der Waals surface area contributed by atoms with E-state index < -0.39 is 23.9 Å². The first-order valence-electron chi connectivity index (χ1n) is 9.87. The van der Waals surface area contributed by atoms with Crippen LogP contribution in [0.5, 0.6) is 0 Å². The van der Waals surface area contributed by atoms with Crippen LogP contribution in [-0.2, 0) is 9.53 Å². The second-order valence-corrected chi connectivity index (χ2v) is 7.83. The van der Waals surface area contributed by atoms with Crippen LogP contribution in [0.2, 0.25) is 0 Å².